The highest BCUT2D eigenvalue weighted by atomic mass is 35.5. The number of pyridine rings is 1. The Morgan fingerprint density at radius 2 is 2.19 bits per heavy atom. The van der Waals surface area contributed by atoms with Gasteiger partial charge in [-0.2, -0.15) is 4.72 Å². The number of esters is 1. The third-order valence-corrected chi connectivity index (χ3v) is 4.39. The number of rotatable bonds is 7. The van der Waals surface area contributed by atoms with Gasteiger partial charge in [-0.3, -0.25) is 9.59 Å². The van der Waals surface area contributed by atoms with Crippen LogP contribution in [0.2, 0.25) is 5.15 Å². The van der Waals surface area contributed by atoms with Gasteiger partial charge in [0.25, 0.3) is 0 Å². The molecule has 10 heteroatoms. The van der Waals surface area contributed by atoms with Crippen molar-refractivity contribution in [1.82, 2.24) is 9.71 Å². The maximum absolute atomic E-state index is 12.1. The van der Waals surface area contributed by atoms with Crippen LogP contribution in [0, 0.1) is 0 Å². The van der Waals surface area contributed by atoms with Crippen molar-refractivity contribution in [2.24, 2.45) is 0 Å². The van der Waals surface area contributed by atoms with Crippen molar-refractivity contribution in [3.8, 4) is 0 Å². The van der Waals surface area contributed by atoms with Crippen LogP contribution in [0.25, 0.3) is 0 Å². The molecule has 8 nitrogen and oxygen atoms in total. The molecule has 0 saturated carbocycles. The molecule has 0 fully saturated rings. The molecule has 1 heterocycles. The van der Waals surface area contributed by atoms with Gasteiger partial charge in [0.15, 0.2) is 0 Å². The van der Waals surface area contributed by atoms with E-state index in [9.17, 15) is 18.0 Å². The van der Waals surface area contributed by atoms with Crippen molar-refractivity contribution in [2.75, 3.05) is 7.11 Å². The van der Waals surface area contributed by atoms with E-state index in [2.05, 4.69) is 9.72 Å². The van der Waals surface area contributed by atoms with E-state index in [1.165, 1.54) is 18.3 Å². The molecule has 0 spiro atoms. The molecular formula is C11H13ClN2O6S. The van der Waals surface area contributed by atoms with Gasteiger partial charge in [0.05, 0.1) is 7.11 Å². The lowest BCUT2D eigenvalue weighted by Gasteiger charge is -2.14. The Bertz CT molecular complexity index is 633. The fourth-order valence-electron chi connectivity index (χ4n) is 1.42. The van der Waals surface area contributed by atoms with Crippen LogP contribution < -0.4 is 4.72 Å². The maximum Gasteiger partial charge on any atom is 0.321 e. The summed E-state index contributed by atoms with van der Waals surface area (Å²) in [4.78, 5) is 25.3. The number of hydrogen-bond acceptors (Lipinski definition) is 6. The van der Waals surface area contributed by atoms with Gasteiger partial charge >= 0.3 is 11.9 Å². The van der Waals surface area contributed by atoms with Crippen molar-refractivity contribution < 1.29 is 27.9 Å². The van der Waals surface area contributed by atoms with Crippen molar-refractivity contribution in [2.45, 2.75) is 23.8 Å². The smallest absolute Gasteiger partial charge is 0.321 e. The van der Waals surface area contributed by atoms with Gasteiger partial charge in [-0.05, 0) is 18.6 Å². The molecule has 1 atom stereocenters. The first-order valence-corrected chi connectivity index (χ1v) is 7.56. The normalized spacial score (nSPS) is 12.7. The van der Waals surface area contributed by atoms with Crippen LogP contribution in [0.15, 0.2) is 23.2 Å². The molecule has 0 aromatic carbocycles. The summed E-state index contributed by atoms with van der Waals surface area (Å²) in [6.45, 7) is 0. The third kappa shape index (κ3) is 4.96. The number of methoxy groups -OCH3 is 1. The number of ether oxygens (including phenoxy) is 1. The van der Waals surface area contributed by atoms with Crippen LogP contribution in [0.1, 0.15) is 12.8 Å². The summed E-state index contributed by atoms with van der Waals surface area (Å²) < 4.78 is 30.5. The Morgan fingerprint density at radius 1 is 1.52 bits per heavy atom. The predicted molar refractivity (Wildman–Crippen MR) is 72.2 cm³/mol. The molecule has 1 rings (SSSR count). The van der Waals surface area contributed by atoms with E-state index >= 15 is 0 Å². The van der Waals surface area contributed by atoms with Gasteiger partial charge in [0, 0.05) is 12.6 Å². The van der Waals surface area contributed by atoms with Gasteiger partial charge in [-0.15, -0.1) is 0 Å². The molecule has 1 aromatic heterocycles. The fraction of sp³-hybridized carbons (Fsp3) is 0.364. The lowest BCUT2D eigenvalue weighted by Crippen LogP contribution is -2.41. The SMILES string of the molecule is COC(=O)CC[C@H](NS(=O)(=O)c1cccnc1Cl)C(=O)O. The van der Waals surface area contributed by atoms with Gasteiger partial charge < -0.3 is 9.84 Å². The minimum absolute atomic E-state index is 0.239. The van der Waals surface area contributed by atoms with Crippen LogP contribution in [0.5, 0.6) is 0 Å². The molecule has 0 amide bonds. The fourth-order valence-corrected chi connectivity index (χ4v) is 3.10. The Kier molecular flexibility index (Phi) is 6.06. The number of carboxylic acids is 1. The summed E-state index contributed by atoms with van der Waals surface area (Å²) in [5.41, 5.74) is 0. The number of carboxylic acid groups (broad SMARTS) is 1. The van der Waals surface area contributed by atoms with E-state index < -0.39 is 28.0 Å². The lowest BCUT2D eigenvalue weighted by atomic mass is 10.2. The first-order valence-electron chi connectivity index (χ1n) is 5.70. The molecule has 116 valence electrons. The molecule has 0 unspecified atom stereocenters. The third-order valence-electron chi connectivity index (χ3n) is 2.47. The van der Waals surface area contributed by atoms with Crippen LogP contribution in [0.4, 0.5) is 0 Å². The molecule has 0 saturated heterocycles. The molecule has 1 aromatic rings. The average molecular weight is 337 g/mol. The molecule has 0 aliphatic rings. The van der Waals surface area contributed by atoms with Gasteiger partial charge in [-0.25, -0.2) is 13.4 Å². The van der Waals surface area contributed by atoms with Crippen molar-refractivity contribution in [3.05, 3.63) is 23.5 Å². The quantitative estimate of drug-likeness (QED) is 0.546. The number of nitrogens with one attached hydrogen (secondary N) is 1. The maximum atomic E-state index is 12.1. The minimum Gasteiger partial charge on any atom is -0.480 e. The first kappa shape index (κ1) is 17.3. The number of halogens is 1. The van der Waals surface area contributed by atoms with Crippen molar-refractivity contribution in [3.63, 3.8) is 0 Å². The summed E-state index contributed by atoms with van der Waals surface area (Å²) in [5, 5.41) is 8.73. The Hall–Kier alpha value is -1.71. The lowest BCUT2D eigenvalue weighted by molar-refractivity contribution is -0.142. The van der Waals surface area contributed by atoms with E-state index in [0.29, 0.717) is 0 Å². The van der Waals surface area contributed by atoms with Gasteiger partial charge in [0.2, 0.25) is 10.0 Å². The molecule has 0 radical (unpaired) electrons. The van der Waals surface area contributed by atoms with Crippen LogP contribution >= 0.6 is 11.6 Å². The largest absolute Gasteiger partial charge is 0.480 e. The monoisotopic (exact) mass is 336 g/mol. The summed E-state index contributed by atoms with van der Waals surface area (Å²) in [6.07, 6.45) is 0.809. The highest BCUT2D eigenvalue weighted by Crippen LogP contribution is 2.18. The van der Waals surface area contributed by atoms with Crippen molar-refractivity contribution in [1.29, 1.82) is 0 Å². The molecule has 0 aliphatic heterocycles. The zero-order valence-corrected chi connectivity index (χ0v) is 12.5. The highest BCUT2D eigenvalue weighted by Gasteiger charge is 2.27. The topological polar surface area (TPSA) is 123 Å². The van der Waals surface area contributed by atoms with Crippen LogP contribution in [-0.2, 0) is 24.3 Å². The molecular weight excluding hydrogens is 324 g/mol. The van der Waals surface area contributed by atoms with Crippen LogP contribution in [0.3, 0.4) is 0 Å². The van der Waals surface area contributed by atoms with E-state index in [1.807, 2.05) is 4.72 Å². The number of aromatic nitrogens is 1. The first-order chi connectivity index (χ1) is 9.77. The number of aliphatic carboxylic acids is 1. The second kappa shape index (κ2) is 7.34. The standard InChI is InChI=1S/C11H13ClN2O6S/c1-20-9(15)5-4-7(11(16)17)14-21(18,19)8-3-2-6-13-10(8)12/h2-3,6-7,14H,4-5H2,1H3,(H,16,17)/t7-/m0/s1. The molecule has 0 aliphatic carbocycles. The highest BCUT2D eigenvalue weighted by molar-refractivity contribution is 7.89. The number of nitrogens with zero attached hydrogens (tertiary/aromatic N) is 1. The summed E-state index contributed by atoms with van der Waals surface area (Å²) in [6, 6.07) is 1.06. The second-order valence-corrected chi connectivity index (χ2v) is 5.96. The van der Waals surface area contributed by atoms with Gasteiger partial charge in [0.1, 0.15) is 16.1 Å². The molecule has 0 bridgehead atoms. The van der Waals surface area contributed by atoms with E-state index in [1.54, 1.807) is 0 Å². The summed E-state index contributed by atoms with van der Waals surface area (Å²) in [7, 11) is -3.02. The Balaban J connectivity index is 2.90. The van der Waals surface area contributed by atoms with Gasteiger partial charge in [-0.1, -0.05) is 11.6 Å². The zero-order valence-electron chi connectivity index (χ0n) is 10.9. The number of sulfonamides is 1. The predicted octanol–water partition coefficient (Wildman–Crippen LogP) is 0.420. The molecule has 2 N–H and O–H groups in total. The number of hydrogen-bond donors (Lipinski definition) is 2. The second-order valence-electron chi connectivity index (χ2n) is 3.92. The minimum atomic E-state index is -4.17. The summed E-state index contributed by atoms with van der Waals surface area (Å²) >= 11 is 5.67. The van der Waals surface area contributed by atoms with E-state index in [-0.39, 0.29) is 22.9 Å². The van der Waals surface area contributed by atoms with E-state index in [0.717, 1.165) is 7.11 Å². The number of carbonyl (C=O) groups excluding carboxylic acids is 1. The Labute approximate surface area is 126 Å². The Morgan fingerprint density at radius 3 is 2.71 bits per heavy atom. The molecule has 21 heavy (non-hydrogen) atoms. The zero-order chi connectivity index (χ0) is 16.0. The van der Waals surface area contributed by atoms with Crippen molar-refractivity contribution >= 4 is 33.6 Å². The average Bonchev–Trinajstić information content (AvgIpc) is 2.42. The van der Waals surface area contributed by atoms with E-state index in [4.69, 9.17) is 16.7 Å². The number of carbonyl (C=O) groups is 2. The van der Waals surface area contributed by atoms with Crippen LogP contribution in [-0.4, -0.2) is 43.6 Å². The summed E-state index contributed by atoms with van der Waals surface area (Å²) in [5.74, 6) is -2.05.